The number of furan rings is 1. The van der Waals surface area contributed by atoms with Crippen molar-refractivity contribution in [2.75, 3.05) is 0 Å². The highest BCUT2D eigenvalue weighted by Gasteiger charge is 2.34. The van der Waals surface area contributed by atoms with E-state index in [2.05, 4.69) is 0 Å². The summed E-state index contributed by atoms with van der Waals surface area (Å²) in [6.45, 7) is 3.09. The molecule has 98 valence electrons. The van der Waals surface area contributed by atoms with Crippen molar-refractivity contribution in [3.05, 3.63) is 35.6 Å². The molecule has 1 heterocycles. The fourth-order valence-corrected chi connectivity index (χ4v) is 1.99. The predicted octanol–water partition coefficient (Wildman–Crippen LogP) is 3.77. The summed E-state index contributed by atoms with van der Waals surface area (Å²) in [7, 11) is 0. The van der Waals surface area contributed by atoms with Crippen LogP contribution in [0, 0.1) is 0 Å². The number of aliphatic hydroxyl groups is 1. The maximum atomic E-state index is 12.9. The molecule has 1 aromatic carbocycles. The lowest BCUT2D eigenvalue weighted by Gasteiger charge is -2.16. The highest BCUT2D eigenvalue weighted by Crippen LogP contribution is 2.37. The van der Waals surface area contributed by atoms with Crippen molar-refractivity contribution in [3.63, 3.8) is 0 Å². The van der Waals surface area contributed by atoms with Crippen molar-refractivity contribution in [3.8, 4) is 0 Å². The molecule has 0 fully saturated rings. The second kappa shape index (κ2) is 4.02. The van der Waals surface area contributed by atoms with E-state index in [-0.39, 0.29) is 17.4 Å². The van der Waals surface area contributed by atoms with Crippen LogP contribution in [0.5, 0.6) is 0 Å². The van der Waals surface area contributed by atoms with Gasteiger partial charge in [-0.1, -0.05) is 6.07 Å². The molecule has 0 spiro atoms. The Labute approximate surface area is 102 Å². The molecule has 1 N–H and O–H groups in total. The zero-order valence-corrected chi connectivity index (χ0v) is 10.0. The molecular formula is C13H13F3O2. The quantitative estimate of drug-likeness (QED) is 0.889. The molecule has 0 radical (unpaired) electrons. The van der Waals surface area contributed by atoms with Gasteiger partial charge >= 0.3 is 6.18 Å². The van der Waals surface area contributed by atoms with E-state index in [1.165, 1.54) is 18.4 Å². The number of hydrogen-bond donors (Lipinski definition) is 1. The lowest BCUT2D eigenvalue weighted by Crippen LogP contribution is -2.22. The van der Waals surface area contributed by atoms with Crippen LogP contribution in [0.25, 0.3) is 11.0 Å². The van der Waals surface area contributed by atoms with Crippen LogP contribution in [0.1, 0.15) is 25.0 Å². The van der Waals surface area contributed by atoms with Gasteiger partial charge in [0.25, 0.3) is 0 Å². The number of halogens is 3. The van der Waals surface area contributed by atoms with Crippen molar-refractivity contribution < 1.29 is 22.7 Å². The van der Waals surface area contributed by atoms with Gasteiger partial charge in [-0.15, -0.1) is 0 Å². The highest BCUT2D eigenvalue weighted by atomic mass is 19.4. The van der Waals surface area contributed by atoms with Gasteiger partial charge in [-0.2, -0.15) is 13.2 Å². The molecule has 0 unspecified atom stereocenters. The Kier molecular flexibility index (Phi) is 2.89. The summed E-state index contributed by atoms with van der Waals surface area (Å²) < 4.78 is 43.8. The fraction of sp³-hybridized carbons (Fsp3) is 0.385. The van der Waals surface area contributed by atoms with Crippen LogP contribution < -0.4 is 0 Å². The molecule has 5 heteroatoms. The van der Waals surface area contributed by atoms with Gasteiger partial charge in [0.15, 0.2) is 0 Å². The molecule has 1 aromatic heterocycles. The first kappa shape index (κ1) is 13.0. The summed E-state index contributed by atoms with van der Waals surface area (Å²) in [6, 6.07) is 3.81. The second-order valence-electron chi connectivity index (χ2n) is 4.93. The summed E-state index contributed by atoms with van der Waals surface area (Å²) in [4.78, 5) is 0. The maximum absolute atomic E-state index is 12.9. The van der Waals surface area contributed by atoms with Crippen LogP contribution in [0.2, 0.25) is 0 Å². The zero-order valence-electron chi connectivity index (χ0n) is 10.0. The van der Waals surface area contributed by atoms with Crippen molar-refractivity contribution in [2.24, 2.45) is 0 Å². The molecule has 2 rings (SSSR count). The smallest absolute Gasteiger partial charge is 0.417 e. The summed E-state index contributed by atoms with van der Waals surface area (Å²) >= 11 is 0. The molecular weight excluding hydrogens is 245 g/mol. The van der Waals surface area contributed by atoms with Crippen molar-refractivity contribution in [1.29, 1.82) is 0 Å². The molecule has 0 aliphatic carbocycles. The molecule has 0 saturated heterocycles. The van der Waals surface area contributed by atoms with Gasteiger partial charge in [0.2, 0.25) is 0 Å². The van der Waals surface area contributed by atoms with Crippen molar-refractivity contribution in [1.82, 2.24) is 0 Å². The molecule has 0 atom stereocenters. The molecule has 0 amide bonds. The summed E-state index contributed by atoms with van der Waals surface area (Å²) in [5.41, 5.74) is -1.27. The van der Waals surface area contributed by atoms with E-state index in [4.69, 9.17) is 4.42 Å². The molecule has 2 aromatic rings. The molecule has 0 aliphatic heterocycles. The summed E-state index contributed by atoms with van der Waals surface area (Å²) in [6.07, 6.45) is -3.05. The van der Waals surface area contributed by atoms with E-state index in [9.17, 15) is 18.3 Å². The van der Waals surface area contributed by atoms with E-state index in [0.717, 1.165) is 6.07 Å². The van der Waals surface area contributed by atoms with Crippen LogP contribution in [-0.4, -0.2) is 10.7 Å². The number of alkyl halides is 3. The predicted molar refractivity (Wildman–Crippen MR) is 61.2 cm³/mol. The van der Waals surface area contributed by atoms with E-state index in [1.54, 1.807) is 13.8 Å². The summed E-state index contributed by atoms with van der Waals surface area (Å²) in [5, 5.41) is 9.75. The average molecular weight is 258 g/mol. The van der Waals surface area contributed by atoms with Gasteiger partial charge in [0.05, 0.1) is 17.4 Å². The second-order valence-corrected chi connectivity index (χ2v) is 4.93. The van der Waals surface area contributed by atoms with E-state index in [1.807, 2.05) is 0 Å². The van der Waals surface area contributed by atoms with Gasteiger partial charge in [-0.3, -0.25) is 0 Å². The molecule has 18 heavy (non-hydrogen) atoms. The number of hydrogen-bond acceptors (Lipinski definition) is 2. The van der Waals surface area contributed by atoms with E-state index in [0.29, 0.717) is 5.56 Å². The number of benzene rings is 1. The molecule has 0 aliphatic rings. The van der Waals surface area contributed by atoms with Crippen LogP contribution in [0.3, 0.4) is 0 Å². The van der Waals surface area contributed by atoms with Gasteiger partial charge in [-0.05, 0) is 26.0 Å². The topological polar surface area (TPSA) is 33.4 Å². The summed E-state index contributed by atoms with van der Waals surface area (Å²) in [5.74, 6) is 0. The van der Waals surface area contributed by atoms with Crippen LogP contribution in [0.15, 0.2) is 28.9 Å². The third-order valence-electron chi connectivity index (χ3n) is 2.60. The minimum absolute atomic E-state index is 0.0344. The monoisotopic (exact) mass is 258 g/mol. The zero-order chi connectivity index (χ0) is 13.6. The minimum Gasteiger partial charge on any atom is -0.464 e. The Hall–Kier alpha value is -1.49. The SMILES string of the molecule is CC(C)(O)Cc1coc2cccc(C(F)(F)F)c12. The largest absolute Gasteiger partial charge is 0.464 e. The lowest BCUT2D eigenvalue weighted by molar-refractivity contribution is -0.136. The normalized spacial score (nSPS) is 13.2. The van der Waals surface area contributed by atoms with Crippen LogP contribution in [-0.2, 0) is 12.6 Å². The van der Waals surface area contributed by atoms with Gasteiger partial charge in [0.1, 0.15) is 5.58 Å². The fourth-order valence-electron chi connectivity index (χ4n) is 1.99. The van der Waals surface area contributed by atoms with Gasteiger partial charge in [-0.25, -0.2) is 0 Å². The van der Waals surface area contributed by atoms with Crippen molar-refractivity contribution in [2.45, 2.75) is 32.0 Å². The van der Waals surface area contributed by atoms with Crippen LogP contribution >= 0.6 is 0 Å². The van der Waals surface area contributed by atoms with Gasteiger partial charge < -0.3 is 9.52 Å². The Bertz CT molecular complexity index is 562. The number of fused-ring (bicyclic) bond motifs is 1. The first-order chi connectivity index (χ1) is 8.18. The first-order valence-corrected chi connectivity index (χ1v) is 5.47. The van der Waals surface area contributed by atoms with E-state index < -0.39 is 17.3 Å². The van der Waals surface area contributed by atoms with Crippen molar-refractivity contribution >= 4 is 11.0 Å². The van der Waals surface area contributed by atoms with E-state index >= 15 is 0 Å². The third kappa shape index (κ3) is 2.51. The first-order valence-electron chi connectivity index (χ1n) is 5.47. The Balaban J connectivity index is 2.63. The number of rotatable bonds is 2. The molecule has 0 bridgehead atoms. The molecule has 0 saturated carbocycles. The Morgan fingerprint density at radius 3 is 2.44 bits per heavy atom. The highest BCUT2D eigenvalue weighted by molar-refractivity contribution is 5.85. The van der Waals surface area contributed by atoms with Crippen LogP contribution in [0.4, 0.5) is 13.2 Å². The minimum atomic E-state index is -4.43. The van der Waals surface area contributed by atoms with Gasteiger partial charge in [0, 0.05) is 17.4 Å². The lowest BCUT2D eigenvalue weighted by atomic mass is 9.96. The standard InChI is InChI=1S/C13H13F3O2/c1-12(2,17)6-8-7-18-10-5-3-4-9(11(8)10)13(14,15)16/h3-5,7,17H,6H2,1-2H3. The molecule has 2 nitrogen and oxygen atoms in total. The third-order valence-corrected chi connectivity index (χ3v) is 2.60. The Morgan fingerprint density at radius 2 is 1.89 bits per heavy atom. The average Bonchev–Trinajstić information content (AvgIpc) is 2.57. The Morgan fingerprint density at radius 1 is 1.22 bits per heavy atom. The maximum Gasteiger partial charge on any atom is 0.417 e.